The summed E-state index contributed by atoms with van der Waals surface area (Å²) >= 11 is 1.36. The van der Waals surface area contributed by atoms with Gasteiger partial charge in [-0.1, -0.05) is 0 Å². The summed E-state index contributed by atoms with van der Waals surface area (Å²) in [6, 6.07) is 6.10. The van der Waals surface area contributed by atoms with Crippen molar-refractivity contribution in [3.63, 3.8) is 0 Å². The first kappa shape index (κ1) is 17.7. The number of rotatable bonds is 5. The first-order valence-corrected chi connectivity index (χ1v) is 10.8. The Hall–Kier alpha value is -1.12. The molecule has 5 nitrogen and oxygen atoms in total. The highest BCUT2D eigenvalue weighted by atomic mass is 32.2. The number of halogens is 1. The Kier molecular flexibility index (Phi) is 5.17. The van der Waals surface area contributed by atoms with Gasteiger partial charge in [0.25, 0.3) is 0 Å². The second kappa shape index (κ2) is 7.01. The molecule has 1 aromatic carbocycles. The normalized spacial score (nSPS) is 27.2. The summed E-state index contributed by atoms with van der Waals surface area (Å²) in [6.45, 7) is 0. The van der Waals surface area contributed by atoms with E-state index in [4.69, 9.17) is 0 Å². The maximum atomic E-state index is 12.9. The molecule has 8 heteroatoms. The third-order valence-corrected chi connectivity index (χ3v) is 6.97. The van der Waals surface area contributed by atoms with Crippen LogP contribution < -0.4 is 5.32 Å². The Morgan fingerprint density at radius 2 is 1.83 bits per heavy atom. The van der Waals surface area contributed by atoms with Crippen LogP contribution in [0.2, 0.25) is 0 Å². The fraction of sp³-hybridized carbons (Fsp3) is 0.562. The number of hydrogen-bond acceptors (Lipinski definition) is 4. The summed E-state index contributed by atoms with van der Waals surface area (Å²) in [5.41, 5.74) is 0. The number of nitrogens with one attached hydrogen (secondary N) is 1. The van der Waals surface area contributed by atoms with Gasteiger partial charge < -0.3 is 5.32 Å². The van der Waals surface area contributed by atoms with Gasteiger partial charge in [0.1, 0.15) is 5.82 Å². The highest BCUT2D eigenvalue weighted by molar-refractivity contribution is 8.00. The number of amides is 1. The van der Waals surface area contributed by atoms with Crippen LogP contribution in [0.5, 0.6) is 0 Å². The molecule has 2 saturated heterocycles. The summed E-state index contributed by atoms with van der Waals surface area (Å²) in [7, 11) is -3.18. The van der Waals surface area contributed by atoms with Gasteiger partial charge in [0.15, 0.2) is 0 Å². The van der Waals surface area contributed by atoms with Crippen molar-refractivity contribution in [2.75, 3.05) is 12.0 Å². The van der Waals surface area contributed by atoms with Gasteiger partial charge in [-0.3, -0.25) is 4.79 Å². The molecule has 0 radical (unpaired) electrons. The number of thioether (sulfide) groups is 1. The minimum atomic E-state index is -3.18. The van der Waals surface area contributed by atoms with E-state index >= 15 is 0 Å². The predicted molar refractivity (Wildman–Crippen MR) is 91.8 cm³/mol. The molecule has 2 aliphatic rings. The van der Waals surface area contributed by atoms with E-state index in [1.807, 2.05) is 0 Å². The van der Waals surface area contributed by atoms with Crippen molar-refractivity contribution in [2.24, 2.45) is 0 Å². The van der Waals surface area contributed by atoms with Crippen LogP contribution >= 0.6 is 11.8 Å². The minimum Gasteiger partial charge on any atom is -0.353 e. The van der Waals surface area contributed by atoms with E-state index in [2.05, 4.69) is 5.32 Å². The zero-order chi connectivity index (χ0) is 17.3. The van der Waals surface area contributed by atoms with E-state index in [9.17, 15) is 17.6 Å². The summed E-state index contributed by atoms with van der Waals surface area (Å²) in [4.78, 5) is 13.0. The minimum absolute atomic E-state index is 0.00815. The molecule has 132 valence electrons. The Morgan fingerprint density at radius 3 is 2.38 bits per heavy atom. The number of carbonyl (C=O) groups excluding carboxylic acids is 1. The molecule has 0 aromatic heterocycles. The van der Waals surface area contributed by atoms with Crippen LogP contribution in [-0.4, -0.2) is 48.8 Å². The molecule has 0 spiro atoms. The number of piperidine rings is 1. The van der Waals surface area contributed by atoms with Crippen LogP contribution in [0.25, 0.3) is 0 Å². The standard InChI is InChI=1S/C16H21FN2O3S2/c1-24(21,22)19-13-4-5-14(19)9-12(8-13)18-16(20)10-23-15-6-2-11(17)3-7-15/h2-3,6-7,12-14H,4-5,8-10H2,1H3,(H,18,20). The van der Waals surface area contributed by atoms with E-state index in [0.29, 0.717) is 12.8 Å². The van der Waals surface area contributed by atoms with Gasteiger partial charge in [0.2, 0.25) is 15.9 Å². The molecule has 0 aliphatic carbocycles. The first-order chi connectivity index (χ1) is 11.3. The Balaban J connectivity index is 1.51. The predicted octanol–water partition coefficient (Wildman–Crippen LogP) is 1.99. The highest BCUT2D eigenvalue weighted by Crippen LogP contribution is 2.37. The Labute approximate surface area is 146 Å². The lowest BCUT2D eigenvalue weighted by Gasteiger charge is -2.37. The van der Waals surface area contributed by atoms with E-state index in [1.54, 1.807) is 16.4 Å². The number of carbonyl (C=O) groups is 1. The number of nitrogens with zero attached hydrogens (tertiary/aromatic N) is 1. The number of benzene rings is 1. The van der Waals surface area contributed by atoms with Gasteiger partial charge in [-0.2, -0.15) is 4.31 Å². The highest BCUT2D eigenvalue weighted by Gasteiger charge is 2.45. The maximum absolute atomic E-state index is 12.9. The first-order valence-electron chi connectivity index (χ1n) is 7.99. The van der Waals surface area contributed by atoms with Gasteiger partial charge in [-0.05, 0) is 49.9 Å². The molecular weight excluding hydrogens is 351 g/mol. The maximum Gasteiger partial charge on any atom is 0.230 e. The van der Waals surface area contributed by atoms with Crippen molar-refractivity contribution in [2.45, 2.75) is 48.7 Å². The molecule has 2 fully saturated rings. The number of hydrogen-bond donors (Lipinski definition) is 1. The molecule has 0 saturated carbocycles. The van der Waals surface area contributed by atoms with Crippen molar-refractivity contribution in [3.05, 3.63) is 30.1 Å². The van der Waals surface area contributed by atoms with E-state index in [-0.39, 0.29) is 35.6 Å². The average Bonchev–Trinajstić information content (AvgIpc) is 2.79. The number of fused-ring (bicyclic) bond motifs is 2. The van der Waals surface area contributed by atoms with Crippen LogP contribution in [0.3, 0.4) is 0 Å². The molecule has 2 unspecified atom stereocenters. The van der Waals surface area contributed by atoms with Gasteiger partial charge in [-0.25, -0.2) is 12.8 Å². The van der Waals surface area contributed by atoms with Gasteiger partial charge >= 0.3 is 0 Å². The fourth-order valence-corrected chi connectivity index (χ4v) is 5.92. The molecule has 1 N–H and O–H groups in total. The van der Waals surface area contributed by atoms with Crippen molar-refractivity contribution >= 4 is 27.7 Å². The monoisotopic (exact) mass is 372 g/mol. The molecule has 2 aliphatic heterocycles. The average molecular weight is 372 g/mol. The van der Waals surface area contributed by atoms with E-state index in [1.165, 1.54) is 30.2 Å². The molecule has 1 amide bonds. The zero-order valence-corrected chi connectivity index (χ0v) is 15.1. The third kappa shape index (κ3) is 4.10. The van der Waals surface area contributed by atoms with Gasteiger partial charge in [0.05, 0.1) is 12.0 Å². The molecule has 2 bridgehead atoms. The smallest absolute Gasteiger partial charge is 0.230 e. The molecular formula is C16H21FN2O3S2. The number of sulfonamides is 1. The van der Waals surface area contributed by atoms with Crippen molar-refractivity contribution in [3.8, 4) is 0 Å². The van der Waals surface area contributed by atoms with Crippen molar-refractivity contribution in [1.29, 1.82) is 0 Å². The fourth-order valence-electron chi connectivity index (χ4n) is 3.74. The largest absolute Gasteiger partial charge is 0.353 e. The van der Waals surface area contributed by atoms with Crippen LogP contribution in [0, 0.1) is 5.82 Å². The Morgan fingerprint density at radius 1 is 1.25 bits per heavy atom. The Bertz CT molecular complexity index is 695. The second-order valence-corrected chi connectivity index (χ2v) is 9.39. The summed E-state index contributed by atoms with van der Waals surface area (Å²) < 4.78 is 38.2. The summed E-state index contributed by atoms with van der Waals surface area (Å²) in [5.74, 6) is -0.0915. The topological polar surface area (TPSA) is 66.5 Å². The quantitative estimate of drug-likeness (QED) is 0.803. The van der Waals surface area contributed by atoms with Gasteiger partial charge in [-0.15, -0.1) is 11.8 Å². The van der Waals surface area contributed by atoms with Crippen molar-refractivity contribution < 1.29 is 17.6 Å². The SMILES string of the molecule is CS(=O)(=O)N1C2CCC1CC(NC(=O)CSc1ccc(F)cc1)C2. The van der Waals surface area contributed by atoms with Gasteiger partial charge in [0, 0.05) is 23.0 Å². The third-order valence-electron chi connectivity index (χ3n) is 4.60. The molecule has 2 atom stereocenters. The molecule has 1 aromatic rings. The zero-order valence-electron chi connectivity index (χ0n) is 13.4. The van der Waals surface area contributed by atoms with Crippen LogP contribution in [0.15, 0.2) is 29.2 Å². The van der Waals surface area contributed by atoms with Crippen LogP contribution in [0.1, 0.15) is 25.7 Å². The molecule has 24 heavy (non-hydrogen) atoms. The summed E-state index contributed by atoms with van der Waals surface area (Å²) in [5, 5.41) is 3.02. The summed E-state index contributed by atoms with van der Waals surface area (Å²) in [6.07, 6.45) is 4.35. The van der Waals surface area contributed by atoms with Crippen LogP contribution in [0.4, 0.5) is 4.39 Å². The van der Waals surface area contributed by atoms with Crippen molar-refractivity contribution in [1.82, 2.24) is 9.62 Å². The van der Waals surface area contributed by atoms with E-state index in [0.717, 1.165) is 17.7 Å². The lowest BCUT2D eigenvalue weighted by Crippen LogP contribution is -2.52. The molecule has 2 heterocycles. The second-order valence-electron chi connectivity index (χ2n) is 6.46. The lowest BCUT2D eigenvalue weighted by molar-refractivity contribution is -0.119. The molecule has 3 rings (SSSR count). The van der Waals surface area contributed by atoms with Crippen LogP contribution in [-0.2, 0) is 14.8 Å². The lowest BCUT2D eigenvalue weighted by atomic mass is 10.00. The van der Waals surface area contributed by atoms with E-state index < -0.39 is 10.0 Å².